The molecule has 0 saturated carbocycles. The van der Waals surface area contributed by atoms with Crippen LogP contribution in [0.5, 0.6) is 0 Å². The van der Waals surface area contributed by atoms with Gasteiger partial charge in [0, 0.05) is 12.1 Å². The maximum Gasteiger partial charge on any atom is 0.325 e. The van der Waals surface area contributed by atoms with Crippen molar-refractivity contribution in [1.29, 1.82) is 0 Å². The van der Waals surface area contributed by atoms with E-state index in [1.54, 1.807) is 18.2 Å². The summed E-state index contributed by atoms with van der Waals surface area (Å²) in [5.41, 5.74) is 1.45. The summed E-state index contributed by atoms with van der Waals surface area (Å²) >= 11 is 1.33. The molecule has 0 unspecified atom stereocenters. The predicted octanol–water partition coefficient (Wildman–Crippen LogP) is 2.76. The summed E-state index contributed by atoms with van der Waals surface area (Å²) in [4.78, 5) is 22.5. The molecule has 2 rings (SSSR count). The highest BCUT2D eigenvalue weighted by atomic mass is 32.1. The molecule has 116 valence electrons. The maximum absolute atomic E-state index is 11.9. The number of benzene rings is 1. The van der Waals surface area contributed by atoms with Crippen LogP contribution in [0.1, 0.15) is 23.9 Å². The van der Waals surface area contributed by atoms with Gasteiger partial charge in [0.25, 0.3) is 0 Å². The number of anilines is 2. The topological polar surface area (TPSA) is 104 Å². The zero-order chi connectivity index (χ0) is 15.9. The van der Waals surface area contributed by atoms with Crippen molar-refractivity contribution in [1.82, 2.24) is 10.2 Å². The highest BCUT2D eigenvalue weighted by molar-refractivity contribution is 7.15. The summed E-state index contributed by atoms with van der Waals surface area (Å²) in [6.07, 6.45) is 1.25. The quantitative estimate of drug-likeness (QED) is 0.759. The molecule has 1 heterocycles. The van der Waals surface area contributed by atoms with Gasteiger partial charge in [-0.3, -0.25) is 10.1 Å². The number of aliphatic carboxylic acids is 1. The monoisotopic (exact) mass is 320 g/mol. The molecule has 2 amide bonds. The Labute approximate surface area is 131 Å². The van der Waals surface area contributed by atoms with Crippen LogP contribution in [0.4, 0.5) is 15.6 Å². The molecule has 0 atom stereocenters. The smallest absolute Gasteiger partial charge is 0.325 e. The first kappa shape index (κ1) is 15.9. The molecule has 0 aliphatic heterocycles. The second kappa shape index (κ2) is 7.51. The summed E-state index contributed by atoms with van der Waals surface area (Å²) in [6, 6.07) is 6.67. The number of nitrogens with zero attached hydrogens (tertiary/aromatic N) is 2. The minimum absolute atomic E-state index is 0.0558. The Morgan fingerprint density at radius 2 is 2.09 bits per heavy atom. The number of carboxylic acid groups (broad SMARTS) is 1. The summed E-state index contributed by atoms with van der Waals surface area (Å²) in [6.45, 7) is 1.97. The molecule has 0 bridgehead atoms. The lowest BCUT2D eigenvalue weighted by Gasteiger charge is -2.07. The van der Waals surface area contributed by atoms with Crippen molar-refractivity contribution in [3.8, 4) is 0 Å². The molecule has 0 radical (unpaired) electrons. The fourth-order valence-corrected chi connectivity index (χ4v) is 2.44. The lowest BCUT2D eigenvalue weighted by atomic mass is 10.1. The van der Waals surface area contributed by atoms with Crippen molar-refractivity contribution in [3.63, 3.8) is 0 Å². The van der Waals surface area contributed by atoms with Gasteiger partial charge in [-0.25, -0.2) is 4.79 Å². The lowest BCUT2D eigenvalue weighted by Crippen LogP contribution is -2.19. The standard InChI is InChI=1S/C14H16N4O3S/c1-2-11-17-18-14(22-11)16-13(21)15-10-5-3-4-9(8-10)6-7-12(19)20/h3-5,8H,2,6-7H2,1H3,(H,19,20)(H2,15,16,18,21). The number of carbonyl (C=O) groups excluding carboxylic acids is 1. The fraction of sp³-hybridized carbons (Fsp3) is 0.286. The second-order valence-corrected chi connectivity index (χ2v) is 5.59. The largest absolute Gasteiger partial charge is 0.481 e. The number of nitrogens with one attached hydrogen (secondary N) is 2. The average molecular weight is 320 g/mol. The number of aromatic nitrogens is 2. The molecular weight excluding hydrogens is 304 g/mol. The molecule has 0 aliphatic carbocycles. The third kappa shape index (κ3) is 4.81. The molecule has 2 aromatic rings. The van der Waals surface area contributed by atoms with Crippen LogP contribution in [0.25, 0.3) is 0 Å². The number of carboxylic acids is 1. The number of rotatable bonds is 6. The number of hydrogen-bond acceptors (Lipinski definition) is 5. The Hall–Kier alpha value is -2.48. The molecule has 7 nitrogen and oxygen atoms in total. The summed E-state index contributed by atoms with van der Waals surface area (Å²) in [5, 5.41) is 23.1. The Balaban J connectivity index is 1.93. The normalized spacial score (nSPS) is 10.2. The summed E-state index contributed by atoms with van der Waals surface area (Å²) in [5.74, 6) is -0.848. The summed E-state index contributed by atoms with van der Waals surface area (Å²) in [7, 11) is 0. The molecule has 8 heteroatoms. The van der Waals surface area contributed by atoms with Gasteiger partial charge in [0.05, 0.1) is 0 Å². The zero-order valence-electron chi connectivity index (χ0n) is 12.0. The molecule has 1 aromatic heterocycles. The molecule has 0 aliphatic rings. The van der Waals surface area contributed by atoms with Crippen LogP contribution in [0.15, 0.2) is 24.3 Å². The average Bonchev–Trinajstić information content (AvgIpc) is 2.93. The third-order valence-electron chi connectivity index (χ3n) is 2.80. The van der Waals surface area contributed by atoms with Crippen LogP contribution < -0.4 is 10.6 Å². The molecule has 0 spiro atoms. The van der Waals surface area contributed by atoms with Crippen molar-refractivity contribution in [2.24, 2.45) is 0 Å². The van der Waals surface area contributed by atoms with Crippen molar-refractivity contribution >= 4 is 34.2 Å². The van der Waals surface area contributed by atoms with E-state index in [4.69, 9.17) is 5.11 Å². The third-order valence-corrected chi connectivity index (χ3v) is 3.79. The Kier molecular flexibility index (Phi) is 5.42. The van der Waals surface area contributed by atoms with Crippen LogP contribution in [-0.2, 0) is 17.6 Å². The van der Waals surface area contributed by atoms with Crippen molar-refractivity contribution in [2.75, 3.05) is 10.6 Å². The number of urea groups is 1. The van der Waals surface area contributed by atoms with Gasteiger partial charge in [-0.05, 0) is 30.5 Å². The molecule has 3 N–H and O–H groups in total. The number of amides is 2. The van der Waals surface area contributed by atoms with Gasteiger partial charge >= 0.3 is 12.0 Å². The Bertz CT molecular complexity index is 672. The van der Waals surface area contributed by atoms with Gasteiger partial charge in [0.1, 0.15) is 5.01 Å². The second-order valence-electron chi connectivity index (χ2n) is 4.53. The first-order chi connectivity index (χ1) is 10.6. The van der Waals surface area contributed by atoms with Crippen molar-refractivity contribution in [3.05, 3.63) is 34.8 Å². The zero-order valence-corrected chi connectivity index (χ0v) is 12.8. The lowest BCUT2D eigenvalue weighted by molar-refractivity contribution is -0.136. The van der Waals surface area contributed by atoms with Crippen LogP contribution in [-0.4, -0.2) is 27.3 Å². The van der Waals surface area contributed by atoms with Gasteiger partial charge in [0.2, 0.25) is 5.13 Å². The van der Waals surface area contributed by atoms with E-state index in [-0.39, 0.29) is 6.42 Å². The van der Waals surface area contributed by atoms with Crippen LogP contribution in [0, 0.1) is 0 Å². The molecular formula is C14H16N4O3S. The van der Waals surface area contributed by atoms with E-state index in [1.165, 1.54) is 11.3 Å². The number of hydrogen-bond donors (Lipinski definition) is 3. The predicted molar refractivity (Wildman–Crippen MR) is 84.3 cm³/mol. The van der Waals surface area contributed by atoms with Gasteiger partial charge in [-0.15, -0.1) is 10.2 Å². The SMILES string of the molecule is CCc1nnc(NC(=O)Nc2cccc(CCC(=O)O)c2)s1. The van der Waals surface area contributed by atoms with E-state index in [0.29, 0.717) is 17.2 Å². The van der Waals surface area contributed by atoms with Crippen molar-refractivity contribution < 1.29 is 14.7 Å². The first-order valence-corrected chi connectivity index (χ1v) is 7.59. The highest BCUT2D eigenvalue weighted by Gasteiger charge is 2.08. The van der Waals surface area contributed by atoms with E-state index in [9.17, 15) is 9.59 Å². The van der Waals surface area contributed by atoms with E-state index < -0.39 is 12.0 Å². The van der Waals surface area contributed by atoms with Crippen LogP contribution >= 0.6 is 11.3 Å². The number of carbonyl (C=O) groups is 2. The summed E-state index contributed by atoms with van der Waals surface area (Å²) < 4.78 is 0. The van der Waals surface area contributed by atoms with Gasteiger partial charge in [-0.2, -0.15) is 0 Å². The number of aryl methyl sites for hydroxylation is 2. The van der Waals surface area contributed by atoms with E-state index in [1.807, 2.05) is 13.0 Å². The maximum atomic E-state index is 11.9. The van der Waals surface area contributed by atoms with Gasteiger partial charge in [0.15, 0.2) is 0 Å². The minimum atomic E-state index is -0.848. The Morgan fingerprint density at radius 1 is 1.27 bits per heavy atom. The fourth-order valence-electron chi connectivity index (χ4n) is 1.76. The highest BCUT2D eigenvalue weighted by Crippen LogP contribution is 2.16. The molecule has 22 heavy (non-hydrogen) atoms. The minimum Gasteiger partial charge on any atom is -0.481 e. The van der Waals surface area contributed by atoms with Gasteiger partial charge < -0.3 is 10.4 Å². The van der Waals surface area contributed by atoms with Crippen LogP contribution in [0.2, 0.25) is 0 Å². The van der Waals surface area contributed by atoms with E-state index in [2.05, 4.69) is 20.8 Å². The van der Waals surface area contributed by atoms with Crippen LogP contribution in [0.3, 0.4) is 0 Å². The first-order valence-electron chi connectivity index (χ1n) is 6.78. The van der Waals surface area contributed by atoms with Crippen molar-refractivity contribution in [2.45, 2.75) is 26.2 Å². The molecule has 0 saturated heterocycles. The Morgan fingerprint density at radius 3 is 2.77 bits per heavy atom. The van der Waals surface area contributed by atoms with Gasteiger partial charge in [-0.1, -0.05) is 30.4 Å². The molecule has 1 aromatic carbocycles. The van der Waals surface area contributed by atoms with E-state index in [0.717, 1.165) is 17.0 Å². The molecule has 0 fully saturated rings. The van der Waals surface area contributed by atoms with E-state index >= 15 is 0 Å².